The minimum Gasteiger partial charge on any atom is -0.494 e. The largest absolute Gasteiger partial charge is 0.494 e. The highest BCUT2D eigenvalue weighted by Gasteiger charge is 2.23. The summed E-state index contributed by atoms with van der Waals surface area (Å²) in [5, 5.41) is 19.5. The van der Waals surface area contributed by atoms with Crippen LogP contribution < -0.4 is 25.6 Å². The predicted molar refractivity (Wildman–Crippen MR) is 136 cm³/mol. The quantitative estimate of drug-likeness (QED) is 0.297. The highest BCUT2D eigenvalue weighted by atomic mass is 32.1. The Hall–Kier alpha value is -3.77. The molecule has 0 aliphatic carbocycles. The van der Waals surface area contributed by atoms with Gasteiger partial charge in [-0.25, -0.2) is 0 Å². The molecule has 1 saturated heterocycles. The van der Waals surface area contributed by atoms with Gasteiger partial charge in [0.2, 0.25) is 5.91 Å². The van der Waals surface area contributed by atoms with Gasteiger partial charge in [-0.3, -0.25) is 25.0 Å². The number of hydrogen-bond acceptors (Lipinski definition) is 8. The molecule has 0 unspecified atom stereocenters. The number of anilines is 3. The minimum atomic E-state index is -0.583. The van der Waals surface area contributed by atoms with Crippen LogP contribution in [-0.2, 0) is 9.53 Å². The Morgan fingerprint density at radius 3 is 2.49 bits per heavy atom. The normalized spacial score (nSPS) is 13.2. The van der Waals surface area contributed by atoms with Crippen LogP contribution in [0.25, 0.3) is 0 Å². The molecule has 12 heteroatoms. The molecule has 11 nitrogen and oxygen atoms in total. The Balaban J connectivity index is 1.75. The van der Waals surface area contributed by atoms with Gasteiger partial charge >= 0.3 is 0 Å². The number of carbonyl (C=O) groups excluding carboxylic acids is 2. The van der Waals surface area contributed by atoms with E-state index in [4.69, 9.17) is 21.7 Å². The summed E-state index contributed by atoms with van der Waals surface area (Å²) in [4.78, 5) is 37.7. The molecule has 1 aliphatic rings. The van der Waals surface area contributed by atoms with Crippen molar-refractivity contribution in [3.05, 3.63) is 52.1 Å². The lowest BCUT2D eigenvalue weighted by Crippen LogP contribution is -2.39. The van der Waals surface area contributed by atoms with E-state index in [1.807, 2.05) is 4.90 Å². The molecule has 1 fully saturated rings. The van der Waals surface area contributed by atoms with Gasteiger partial charge in [-0.2, -0.15) is 0 Å². The molecule has 3 N–H and O–H groups in total. The third kappa shape index (κ3) is 6.64. The number of nitro benzene ring substituents is 1. The average molecular weight is 502 g/mol. The zero-order valence-corrected chi connectivity index (χ0v) is 20.4. The number of rotatable bonds is 7. The average Bonchev–Trinajstić information content (AvgIpc) is 2.84. The second-order valence-corrected chi connectivity index (χ2v) is 8.43. The number of ether oxygens (including phenoxy) is 2. The maximum absolute atomic E-state index is 13.1. The number of benzene rings is 2. The Kier molecular flexibility index (Phi) is 8.55. The molecule has 2 aromatic carbocycles. The number of amides is 2. The molecule has 0 aromatic heterocycles. The lowest BCUT2D eigenvalue weighted by Gasteiger charge is -2.30. The van der Waals surface area contributed by atoms with Crippen molar-refractivity contribution >= 4 is 51.9 Å². The Morgan fingerprint density at radius 2 is 1.86 bits per heavy atom. The number of nitro groups is 1. The first-order chi connectivity index (χ1) is 16.7. The highest BCUT2D eigenvalue weighted by molar-refractivity contribution is 7.80. The van der Waals surface area contributed by atoms with Crippen LogP contribution in [-0.4, -0.2) is 55.3 Å². The molecule has 2 aromatic rings. The first-order valence-corrected chi connectivity index (χ1v) is 11.3. The summed E-state index contributed by atoms with van der Waals surface area (Å²) < 4.78 is 10.7. The fourth-order valence-electron chi connectivity index (χ4n) is 3.38. The highest BCUT2D eigenvalue weighted by Crippen LogP contribution is 2.29. The number of nitrogens with one attached hydrogen (secondary N) is 3. The van der Waals surface area contributed by atoms with Crippen LogP contribution in [0.3, 0.4) is 0 Å². The van der Waals surface area contributed by atoms with E-state index >= 15 is 0 Å². The summed E-state index contributed by atoms with van der Waals surface area (Å²) in [7, 11) is 1.47. The summed E-state index contributed by atoms with van der Waals surface area (Å²) in [5.74, 6) is -0.525. The SMILES string of the molecule is COc1cc(NC(=S)NC(=O)c2cc([N+](=O)[O-])ccc2N2CCOCC2)ccc1NC(=O)C(C)C. The number of nitrogens with zero attached hydrogens (tertiary/aromatic N) is 2. The van der Waals surface area contributed by atoms with Crippen molar-refractivity contribution in [2.45, 2.75) is 13.8 Å². The molecule has 186 valence electrons. The van der Waals surface area contributed by atoms with E-state index in [9.17, 15) is 19.7 Å². The molecular formula is C23H27N5O6S. The molecule has 35 heavy (non-hydrogen) atoms. The van der Waals surface area contributed by atoms with Crippen molar-refractivity contribution in [1.29, 1.82) is 0 Å². The van der Waals surface area contributed by atoms with Crippen molar-refractivity contribution in [1.82, 2.24) is 5.32 Å². The maximum Gasteiger partial charge on any atom is 0.270 e. The van der Waals surface area contributed by atoms with Gasteiger partial charge in [-0.05, 0) is 30.4 Å². The molecule has 3 rings (SSSR count). The molecule has 0 spiro atoms. The van der Waals surface area contributed by atoms with E-state index in [-0.39, 0.29) is 28.2 Å². The van der Waals surface area contributed by atoms with E-state index in [0.717, 1.165) is 0 Å². The van der Waals surface area contributed by atoms with Crippen molar-refractivity contribution in [3.63, 3.8) is 0 Å². The number of hydrogen-bond donors (Lipinski definition) is 3. The van der Waals surface area contributed by atoms with E-state index in [1.54, 1.807) is 38.1 Å². The second kappa shape index (κ2) is 11.6. The molecule has 0 radical (unpaired) electrons. The lowest BCUT2D eigenvalue weighted by molar-refractivity contribution is -0.384. The number of non-ortho nitro benzene ring substituents is 1. The number of carbonyl (C=O) groups is 2. The fraction of sp³-hybridized carbons (Fsp3) is 0.348. The van der Waals surface area contributed by atoms with Crippen LogP contribution in [0.1, 0.15) is 24.2 Å². The summed E-state index contributed by atoms with van der Waals surface area (Å²) in [6, 6.07) is 9.11. The molecule has 0 bridgehead atoms. The topological polar surface area (TPSA) is 135 Å². The number of morpholine rings is 1. The monoisotopic (exact) mass is 501 g/mol. The first kappa shape index (κ1) is 25.8. The molecule has 1 aliphatic heterocycles. The fourth-order valence-corrected chi connectivity index (χ4v) is 3.59. The van der Waals surface area contributed by atoms with Gasteiger partial charge in [0.15, 0.2) is 5.11 Å². The van der Waals surface area contributed by atoms with Gasteiger partial charge in [0.05, 0.1) is 42.2 Å². The third-order valence-electron chi connectivity index (χ3n) is 5.26. The summed E-state index contributed by atoms with van der Waals surface area (Å²) >= 11 is 5.29. The van der Waals surface area contributed by atoms with E-state index in [2.05, 4.69) is 16.0 Å². The van der Waals surface area contributed by atoms with Crippen LogP contribution in [0, 0.1) is 16.0 Å². The Morgan fingerprint density at radius 1 is 1.14 bits per heavy atom. The predicted octanol–water partition coefficient (Wildman–Crippen LogP) is 3.16. The van der Waals surface area contributed by atoms with E-state index in [0.29, 0.717) is 49.1 Å². The Labute approximate surface area is 207 Å². The Bertz CT molecular complexity index is 1130. The zero-order chi connectivity index (χ0) is 25.5. The third-order valence-corrected chi connectivity index (χ3v) is 5.46. The smallest absolute Gasteiger partial charge is 0.270 e. The molecule has 0 saturated carbocycles. The minimum absolute atomic E-state index is 0.00421. The second-order valence-electron chi connectivity index (χ2n) is 8.03. The van der Waals surface area contributed by atoms with Crippen molar-refractivity contribution in [2.75, 3.05) is 48.9 Å². The van der Waals surface area contributed by atoms with Crippen molar-refractivity contribution < 1.29 is 24.0 Å². The number of methoxy groups -OCH3 is 1. The standard InChI is InChI=1S/C23H27N5O6S/c1-14(2)21(29)25-18-6-4-15(12-20(18)33-3)24-23(35)26-22(30)17-13-16(28(31)32)5-7-19(17)27-8-10-34-11-9-27/h4-7,12-14H,8-11H2,1-3H3,(H,25,29)(H2,24,26,30,35). The molecular weight excluding hydrogens is 474 g/mol. The summed E-state index contributed by atoms with van der Waals surface area (Å²) in [6.45, 7) is 5.66. The summed E-state index contributed by atoms with van der Waals surface area (Å²) in [6.07, 6.45) is 0. The van der Waals surface area contributed by atoms with Gasteiger partial charge in [0.25, 0.3) is 11.6 Å². The van der Waals surface area contributed by atoms with Gasteiger partial charge in [0.1, 0.15) is 5.75 Å². The zero-order valence-electron chi connectivity index (χ0n) is 19.6. The lowest BCUT2D eigenvalue weighted by atomic mass is 10.1. The van der Waals surface area contributed by atoms with Gasteiger partial charge in [-0.15, -0.1) is 0 Å². The van der Waals surface area contributed by atoms with Crippen LogP contribution in [0.4, 0.5) is 22.7 Å². The van der Waals surface area contributed by atoms with E-state index in [1.165, 1.54) is 19.2 Å². The first-order valence-electron chi connectivity index (χ1n) is 10.9. The van der Waals surface area contributed by atoms with E-state index < -0.39 is 10.8 Å². The van der Waals surface area contributed by atoms with Crippen LogP contribution >= 0.6 is 12.2 Å². The molecule has 0 atom stereocenters. The van der Waals surface area contributed by atoms with Gasteiger partial charge in [0, 0.05) is 42.9 Å². The maximum atomic E-state index is 13.1. The van der Waals surface area contributed by atoms with Gasteiger partial charge in [-0.1, -0.05) is 13.8 Å². The van der Waals surface area contributed by atoms with Crippen molar-refractivity contribution in [2.24, 2.45) is 5.92 Å². The van der Waals surface area contributed by atoms with Crippen LogP contribution in [0.15, 0.2) is 36.4 Å². The molecule has 2 amide bonds. The molecule has 1 heterocycles. The van der Waals surface area contributed by atoms with Gasteiger partial charge < -0.3 is 25.0 Å². The van der Waals surface area contributed by atoms with Crippen LogP contribution in [0.2, 0.25) is 0 Å². The number of thiocarbonyl (C=S) groups is 1. The summed E-state index contributed by atoms with van der Waals surface area (Å²) in [5.41, 5.74) is 1.51. The van der Waals surface area contributed by atoms with Crippen LogP contribution in [0.5, 0.6) is 5.75 Å². The van der Waals surface area contributed by atoms with Crippen molar-refractivity contribution in [3.8, 4) is 5.75 Å².